The summed E-state index contributed by atoms with van der Waals surface area (Å²) in [6.45, 7) is 12.3. The van der Waals surface area contributed by atoms with Crippen LogP contribution in [0.5, 0.6) is 0 Å². The highest BCUT2D eigenvalue weighted by Gasteiger charge is 2.54. The molecule has 2 saturated carbocycles. The van der Waals surface area contributed by atoms with Gasteiger partial charge in [0.1, 0.15) is 5.78 Å². The summed E-state index contributed by atoms with van der Waals surface area (Å²) in [5.74, 6) is 5.06. The van der Waals surface area contributed by atoms with E-state index in [0.29, 0.717) is 29.5 Å². The zero-order valence-corrected chi connectivity index (χ0v) is 22.5. The molecule has 0 radical (unpaired) electrons. The summed E-state index contributed by atoms with van der Waals surface area (Å²) in [5.41, 5.74) is 4.39. The quantitative estimate of drug-likeness (QED) is 0.413. The summed E-state index contributed by atoms with van der Waals surface area (Å²) in [6.07, 6.45) is 16.6. The third kappa shape index (κ3) is 5.44. The lowest BCUT2D eigenvalue weighted by Crippen LogP contribution is -2.43. The smallest absolute Gasteiger partial charge is 0.137 e. The van der Waals surface area contributed by atoms with Gasteiger partial charge in [0, 0.05) is 12.8 Å². The molecule has 0 heterocycles. The van der Waals surface area contributed by atoms with Crippen LogP contribution < -0.4 is 0 Å². The van der Waals surface area contributed by atoms with Crippen molar-refractivity contribution in [3.8, 4) is 0 Å². The number of benzene rings is 1. The highest BCUT2D eigenvalue weighted by molar-refractivity contribution is 5.90. The largest absolute Gasteiger partial charge is 0.299 e. The number of carbonyl (C=O) groups is 1. The minimum atomic E-state index is 0.422. The molecule has 2 fully saturated rings. The molecule has 6 atom stereocenters. The normalized spacial score (nSPS) is 36.1. The Hall–Kier alpha value is -1.63. The minimum Gasteiger partial charge on any atom is -0.299 e. The second-order valence-corrected chi connectivity index (χ2v) is 12.6. The van der Waals surface area contributed by atoms with E-state index >= 15 is 0 Å². The average molecular weight is 461 g/mol. The van der Waals surface area contributed by atoms with Crippen molar-refractivity contribution in [1.82, 2.24) is 0 Å². The Morgan fingerprint density at radius 3 is 2.47 bits per heavy atom. The van der Waals surface area contributed by atoms with Gasteiger partial charge in [-0.3, -0.25) is 4.79 Å². The van der Waals surface area contributed by atoms with Crippen LogP contribution in [0.1, 0.15) is 104 Å². The molecule has 1 heteroatoms. The number of hydrogen-bond donors (Lipinski definition) is 0. The fourth-order valence-corrected chi connectivity index (χ4v) is 8.17. The lowest BCUT2D eigenvalue weighted by Gasteiger charge is -2.50. The Bertz CT molecular complexity index is 890. The van der Waals surface area contributed by atoms with Crippen molar-refractivity contribution in [1.29, 1.82) is 0 Å². The van der Waals surface area contributed by atoms with Crippen LogP contribution >= 0.6 is 0 Å². The van der Waals surface area contributed by atoms with Crippen LogP contribution in [0.25, 0.3) is 5.57 Å². The molecule has 0 N–H and O–H groups in total. The molecular formula is C33H48O. The van der Waals surface area contributed by atoms with Gasteiger partial charge in [-0.25, -0.2) is 0 Å². The molecule has 0 bridgehead atoms. The SMILES string of the molecule is C/C1=C/C=C(/c2ccccc2)CC(=O)CC[C@@H]2[C@@H]1CC[C@]1(C)[C@@H]([C@H](C)CCCC(C)C)CC[C@@H]21. The Kier molecular flexibility index (Phi) is 8.21. The molecule has 0 aromatic heterocycles. The summed E-state index contributed by atoms with van der Waals surface area (Å²) in [6, 6.07) is 10.5. The molecule has 0 saturated heterocycles. The van der Waals surface area contributed by atoms with Gasteiger partial charge in [-0.15, -0.1) is 0 Å². The molecule has 186 valence electrons. The van der Waals surface area contributed by atoms with Gasteiger partial charge in [-0.1, -0.05) is 95.0 Å². The van der Waals surface area contributed by atoms with Gasteiger partial charge in [0.2, 0.25) is 0 Å². The van der Waals surface area contributed by atoms with Gasteiger partial charge in [0.05, 0.1) is 0 Å². The van der Waals surface area contributed by atoms with Crippen LogP contribution in [0.15, 0.2) is 48.1 Å². The van der Waals surface area contributed by atoms with E-state index in [4.69, 9.17) is 0 Å². The molecule has 4 rings (SSSR count). The zero-order chi connectivity index (χ0) is 24.3. The molecule has 3 aliphatic rings. The maximum Gasteiger partial charge on any atom is 0.137 e. The Balaban J connectivity index is 1.54. The van der Waals surface area contributed by atoms with Crippen LogP contribution in [0, 0.1) is 40.9 Å². The third-order valence-corrected chi connectivity index (χ3v) is 10.1. The number of allylic oxidation sites excluding steroid dienone is 4. The van der Waals surface area contributed by atoms with E-state index in [-0.39, 0.29) is 0 Å². The fourth-order valence-electron chi connectivity index (χ4n) is 8.17. The van der Waals surface area contributed by atoms with Gasteiger partial charge in [-0.05, 0) is 91.1 Å². The van der Waals surface area contributed by atoms with E-state index in [2.05, 4.69) is 77.1 Å². The monoisotopic (exact) mass is 460 g/mol. The van der Waals surface area contributed by atoms with Crippen LogP contribution in [-0.4, -0.2) is 5.78 Å². The molecule has 0 amide bonds. The molecule has 0 aliphatic heterocycles. The number of hydrogen-bond acceptors (Lipinski definition) is 1. The van der Waals surface area contributed by atoms with Crippen molar-refractivity contribution >= 4 is 11.4 Å². The van der Waals surface area contributed by atoms with E-state index in [1.54, 1.807) is 5.57 Å². The first-order chi connectivity index (χ1) is 16.3. The second kappa shape index (κ2) is 11.0. The van der Waals surface area contributed by atoms with E-state index in [0.717, 1.165) is 36.5 Å². The first kappa shape index (κ1) is 25.5. The van der Waals surface area contributed by atoms with Crippen molar-refractivity contribution in [3.05, 3.63) is 53.6 Å². The Labute approximate surface area is 209 Å². The van der Waals surface area contributed by atoms with E-state index < -0.39 is 0 Å². The first-order valence-corrected chi connectivity index (χ1v) is 14.2. The maximum atomic E-state index is 13.1. The first-order valence-electron chi connectivity index (χ1n) is 14.2. The summed E-state index contributed by atoms with van der Waals surface area (Å²) < 4.78 is 0. The average Bonchev–Trinajstić information content (AvgIpc) is 3.17. The minimum absolute atomic E-state index is 0.422. The van der Waals surface area contributed by atoms with Gasteiger partial charge in [0.25, 0.3) is 0 Å². The van der Waals surface area contributed by atoms with Crippen LogP contribution in [0.3, 0.4) is 0 Å². The van der Waals surface area contributed by atoms with Crippen LogP contribution in [0.4, 0.5) is 0 Å². The van der Waals surface area contributed by atoms with Crippen molar-refractivity contribution < 1.29 is 4.79 Å². The van der Waals surface area contributed by atoms with E-state index in [9.17, 15) is 4.79 Å². The highest BCUT2D eigenvalue weighted by Crippen LogP contribution is 2.63. The molecule has 3 aliphatic carbocycles. The number of rotatable bonds is 6. The Morgan fingerprint density at radius 1 is 0.971 bits per heavy atom. The molecule has 0 unspecified atom stereocenters. The lowest BCUT2D eigenvalue weighted by atomic mass is 9.54. The summed E-state index contributed by atoms with van der Waals surface area (Å²) in [5, 5.41) is 0. The van der Waals surface area contributed by atoms with E-state index in [1.807, 2.05) is 0 Å². The molecule has 0 spiro atoms. The third-order valence-electron chi connectivity index (χ3n) is 10.1. The van der Waals surface area contributed by atoms with Crippen molar-refractivity contribution in [2.45, 2.75) is 98.8 Å². The van der Waals surface area contributed by atoms with Crippen LogP contribution in [0.2, 0.25) is 0 Å². The lowest BCUT2D eigenvalue weighted by molar-refractivity contribution is -0.118. The summed E-state index contributed by atoms with van der Waals surface area (Å²) >= 11 is 0. The number of fused-ring (bicyclic) bond motifs is 3. The van der Waals surface area contributed by atoms with Gasteiger partial charge in [0.15, 0.2) is 0 Å². The van der Waals surface area contributed by atoms with E-state index in [1.165, 1.54) is 56.1 Å². The van der Waals surface area contributed by atoms with Gasteiger partial charge < -0.3 is 0 Å². The zero-order valence-electron chi connectivity index (χ0n) is 22.5. The number of carbonyl (C=O) groups excluding carboxylic acids is 1. The van der Waals surface area contributed by atoms with Gasteiger partial charge in [-0.2, -0.15) is 0 Å². The predicted molar refractivity (Wildman–Crippen MR) is 145 cm³/mol. The number of ketones is 1. The van der Waals surface area contributed by atoms with Crippen molar-refractivity contribution in [2.24, 2.45) is 40.9 Å². The molecule has 1 aromatic carbocycles. The second-order valence-electron chi connectivity index (χ2n) is 12.6. The molecule has 1 nitrogen and oxygen atoms in total. The van der Waals surface area contributed by atoms with Crippen molar-refractivity contribution in [2.75, 3.05) is 0 Å². The maximum absolute atomic E-state index is 13.1. The number of Topliss-reactive ketones (excluding diaryl/α,β-unsaturated/α-hetero) is 1. The Morgan fingerprint density at radius 2 is 1.74 bits per heavy atom. The summed E-state index contributed by atoms with van der Waals surface area (Å²) in [4.78, 5) is 13.1. The highest BCUT2D eigenvalue weighted by atomic mass is 16.1. The van der Waals surface area contributed by atoms with Gasteiger partial charge >= 0.3 is 0 Å². The summed E-state index contributed by atoms with van der Waals surface area (Å²) in [7, 11) is 0. The fraction of sp³-hybridized carbons (Fsp3) is 0.667. The van der Waals surface area contributed by atoms with Crippen molar-refractivity contribution in [3.63, 3.8) is 0 Å². The molecule has 34 heavy (non-hydrogen) atoms. The predicted octanol–water partition coefficient (Wildman–Crippen LogP) is 9.29. The molecular weight excluding hydrogens is 412 g/mol. The topological polar surface area (TPSA) is 17.1 Å². The molecule has 1 aromatic rings. The van der Waals surface area contributed by atoms with Crippen LogP contribution in [-0.2, 0) is 4.79 Å². The standard InChI is InChI=1S/C33H48O/c1-23(2)10-9-11-25(4)31-18-19-32-30-17-16-28(34)22-27(26-12-7-6-8-13-26)15-14-24(3)29(30)20-21-33(31,32)5/h6-8,12-15,23,25,29-32H,9-11,16-22H2,1-5H3/b24-14-,27-15+/t25-,29-,30-,31-,32+,33-/m1/s1.